The van der Waals surface area contributed by atoms with E-state index in [1.54, 1.807) is 17.0 Å². The third-order valence-electron chi connectivity index (χ3n) is 2.68. The van der Waals surface area contributed by atoms with E-state index in [1.807, 2.05) is 45.9 Å². The van der Waals surface area contributed by atoms with Crippen LogP contribution in [0.4, 0.5) is 5.69 Å². The van der Waals surface area contributed by atoms with E-state index in [9.17, 15) is 9.59 Å². The van der Waals surface area contributed by atoms with E-state index in [0.717, 1.165) is 0 Å². The van der Waals surface area contributed by atoms with E-state index < -0.39 is 11.8 Å². The zero-order valence-corrected chi connectivity index (χ0v) is 12.7. The molecule has 0 aromatic heterocycles. The summed E-state index contributed by atoms with van der Waals surface area (Å²) in [7, 11) is 0. The average Bonchev–Trinajstić information content (AvgIpc) is 2.37. The number of nitrogens with zero attached hydrogens (tertiary/aromatic N) is 1. The van der Waals surface area contributed by atoms with Crippen molar-refractivity contribution in [2.45, 2.75) is 27.7 Å². The van der Waals surface area contributed by atoms with Crippen LogP contribution in [-0.2, 0) is 9.59 Å². The van der Waals surface area contributed by atoms with Crippen LogP contribution in [-0.4, -0.2) is 29.8 Å². The molecule has 4 nitrogen and oxygen atoms in total. The zero-order valence-electron chi connectivity index (χ0n) is 12.7. The van der Waals surface area contributed by atoms with Crippen molar-refractivity contribution in [3.63, 3.8) is 0 Å². The van der Waals surface area contributed by atoms with Crippen molar-refractivity contribution >= 4 is 17.5 Å². The molecule has 4 heteroatoms. The summed E-state index contributed by atoms with van der Waals surface area (Å²) in [5.74, 6) is -0.363. The molecule has 1 N–H and O–H groups in total. The first kappa shape index (κ1) is 16.2. The molecule has 0 aliphatic carbocycles. The van der Waals surface area contributed by atoms with Crippen molar-refractivity contribution in [1.82, 2.24) is 4.90 Å². The number of amides is 2. The summed E-state index contributed by atoms with van der Waals surface area (Å²) in [4.78, 5) is 25.9. The van der Waals surface area contributed by atoms with Gasteiger partial charge >= 0.3 is 11.8 Å². The van der Waals surface area contributed by atoms with E-state index in [-0.39, 0.29) is 0 Å². The zero-order chi connectivity index (χ0) is 15.1. The maximum absolute atomic E-state index is 12.2. The van der Waals surface area contributed by atoms with Gasteiger partial charge in [-0.2, -0.15) is 0 Å². The highest BCUT2D eigenvalue weighted by molar-refractivity contribution is 6.39. The Hall–Kier alpha value is -1.84. The van der Waals surface area contributed by atoms with Crippen molar-refractivity contribution in [2.24, 2.45) is 11.8 Å². The summed E-state index contributed by atoms with van der Waals surface area (Å²) in [6, 6.07) is 9.03. The molecule has 1 aromatic rings. The molecule has 20 heavy (non-hydrogen) atoms. The molecular formula is C16H24N2O2. The molecule has 0 bridgehead atoms. The molecule has 1 rings (SSSR count). The molecule has 0 heterocycles. The van der Waals surface area contributed by atoms with Gasteiger partial charge in [0.15, 0.2) is 0 Å². The lowest BCUT2D eigenvalue weighted by Gasteiger charge is -2.25. The third-order valence-corrected chi connectivity index (χ3v) is 2.68. The molecule has 110 valence electrons. The summed E-state index contributed by atoms with van der Waals surface area (Å²) >= 11 is 0. The molecule has 0 spiro atoms. The molecule has 0 unspecified atom stereocenters. The number of hydrogen-bond donors (Lipinski definition) is 1. The molecule has 0 fully saturated rings. The predicted molar refractivity (Wildman–Crippen MR) is 81.3 cm³/mol. The lowest BCUT2D eigenvalue weighted by Crippen LogP contribution is -2.43. The fourth-order valence-electron chi connectivity index (χ4n) is 1.97. The Kier molecular flexibility index (Phi) is 6.22. The number of hydrogen-bond acceptors (Lipinski definition) is 2. The Morgan fingerprint density at radius 3 is 1.95 bits per heavy atom. The number of carbonyl (C=O) groups excluding carboxylic acids is 2. The van der Waals surface area contributed by atoms with Crippen LogP contribution in [0.5, 0.6) is 0 Å². The van der Waals surface area contributed by atoms with Crippen molar-refractivity contribution in [2.75, 3.05) is 18.4 Å². The number of benzene rings is 1. The van der Waals surface area contributed by atoms with Crippen LogP contribution in [0.3, 0.4) is 0 Å². The Morgan fingerprint density at radius 2 is 1.50 bits per heavy atom. The Morgan fingerprint density at radius 1 is 1.00 bits per heavy atom. The van der Waals surface area contributed by atoms with Crippen LogP contribution < -0.4 is 5.32 Å². The largest absolute Gasteiger partial charge is 0.334 e. The minimum atomic E-state index is -0.572. The van der Waals surface area contributed by atoms with Crippen LogP contribution in [0, 0.1) is 11.8 Å². The fraction of sp³-hybridized carbons (Fsp3) is 0.500. The molecular weight excluding hydrogens is 252 g/mol. The van der Waals surface area contributed by atoms with E-state index in [2.05, 4.69) is 5.32 Å². The summed E-state index contributed by atoms with van der Waals surface area (Å²) in [5.41, 5.74) is 0.639. The number of carbonyl (C=O) groups is 2. The van der Waals surface area contributed by atoms with Gasteiger partial charge in [-0.25, -0.2) is 0 Å². The Balaban J connectivity index is 2.70. The van der Waals surface area contributed by atoms with Crippen molar-refractivity contribution < 1.29 is 9.59 Å². The van der Waals surface area contributed by atoms with Crippen LogP contribution >= 0.6 is 0 Å². The minimum Gasteiger partial charge on any atom is -0.334 e. The topological polar surface area (TPSA) is 49.4 Å². The monoisotopic (exact) mass is 276 g/mol. The molecule has 0 saturated heterocycles. The van der Waals surface area contributed by atoms with Gasteiger partial charge in [-0.05, 0) is 24.0 Å². The molecule has 2 amide bonds. The summed E-state index contributed by atoms with van der Waals surface area (Å²) < 4.78 is 0. The highest BCUT2D eigenvalue weighted by Crippen LogP contribution is 2.08. The lowest BCUT2D eigenvalue weighted by atomic mass is 10.1. The molecule has 0 aliphatic rings. The SMILES string of the molecule is CC(C)CN(CC(C)C)C(=O)C(=O)Nc1ccccc1. The lowest BCUT2D eigenvalue weighted by molar-refractivity contribution is -0.143. The second-order valence-electron chi connectivity index (χ2n) is 5.82. The van der Waals surface area contributed by atoms with Crippen LogP contribution in [0.25, 0.3) is 0 Å². The van der Waals surface area contributed by atoms with E-state index in [1.165, 1.54) is 0 Å². The van der Waals surface area contributed by atoms with Crippen molar-refractivity contribution in [1.29, 1.82) is 0 Å². The normalized spacial score (nSPS) is 10.7. The van der Waals surface area contributed by atoms with Gasteiger partial charge in [0, 0.05) is 18.8 Å². The van der Waals surface area contributed by atoms with E-state index in [4.69, 9.17) is 0 Å². The molecule has 0 atom stereocenters. The summed E-state index contributed by atoms with van der Waals surface area (Å²) in [6.07, 6.45) is 0. The summed E-state index contributed by atoms with van der Waals surface area (Å²) in [5, 5.41) is 2.64. The standard InChI is InChI=1S/C16H24N2O2/c1-12(2)10-18(11-13(3)4)16(20)15(19)17-14-8-6-5-7-9-14/h5-9,12-13H,10-11H2,1-4H3,(H,17,19). The number of anilines is 1. The second-order valence-corrected chi connectivity index (χ2v) is 5.82. The average molecular weight is 276 g/mol. The van der Waals surface area contributed by atoms with Gasteiger partial charge in [0.2, 0.25) is 0 Å². The maximum Gasteiger partial charge on any atom is 0.313 e. The molecule has 0 radical (unpaired) electrons. The third kappa shape index (κ3) is 5.43. The second kappa shape index (κ2) is 7.68. The number of nitrogens with one attached hydrogen (secondary N) is 1. The molecule has 1 aromatic carbocycles. The maximum atomic E-state index is 12.2. The first-order chi connectivity index (χ1) is 9.40. The molecule has 0 aliphatic heterocycles. The molecule has 0 saturated carbocycles. The van der Waals surface area contributed by atoms with Gasteiger partial charge in [-0.15, -0.1) is 0 Å². The highest BCUT2D eigenvalue weighted by Gasteiger charge is 2.23. The Bertz CT molecular complexity index is 431. The van der Waals surface area contributed by atoms with Gasteiger partial charge < -0.3 is 10.2 Å². The van der Waals surface area contributed by atoms with E-state index >= 15 is 0 Å². The minimum absolute atomic E-state index is 0.335. The van der Waals surface area contributed by atoms with Gasteiger partial charge in [0.1, 0.15) is 0 Å². The fourth-order valence-corrected chi connectivity index (χ4v) is 1.97. The van der Waals surface area contributed by atoms with Crippen molar-refractivity contribution in [3.05, 3.63) is 30.3 Å². The summed E-state index contributed by atoms with van der Waals surface area (Å²) in [6.45, 7) is 9.34. The van der Waals surface area contributed by atoms with Crippen molar-refractivity contribution in [3.8, 4) is 0 Å². The smallest absolute Gasteiger partial charge is 0.313 e. The van der Waals surface area contributed by atoms with Crippen LogP contribution in [0.15, 0.2) is 30.3 Å². The van der Waals surface area contributed by atoms with Gasteiger partial charge in [0.05, 0.1) is 0 Å². The number of para-hydroxylation sites is 1. The Labute approximate surface area is 121 Å². The van der Waals surface area contributed by atoms with Gasteiger partial charge in [-0.1, -0.05) is 45.9 Å². The van der Waals surface area contributed by atoms with Crippen LogP contribution in [0.1, 0.15) is 27.7 Å². The quantitative estimate of drug-likeness (QED) is 0.841. The van der Waals surface area contributed by atoms with E-state index in [0.29, 0.717) is 30.6 Å². The van der Waals surface area contributed by atoms with Gasteiger partial charge in [0.25, 0.3) is 0 Å². The first-order valence-corrected chi connectivity index (χ1v) is 7.05. The number of rotatable bonds is 5. The highest BCUT2D eigenvalue weighted by atomic mass is 16.2. The predicted octanol–water partition coefficient (Wildman–Crippen LogP) is 2.77. The van der Waals surface area contributed by atoms with Crippen LogP contribution in [0.2, 0.25) is 0 Å². The van der Waals surface area contributed by atoms with Gasteiger partial charge in [-0.3, -0.25) is 9.59 Å². The first-order valence-electron chi connectivity index (χ1n) is 7.05.